The first-order valence-corrected chi connectivity index (χ1v) is 11.0. The molecule has 1 aromatic carbocycles. The van der Waals surface area contributed by atoms with Crippen molar-refractivity contribution in [3.8, 4) is 0 Å². The van der Waals surface area contributed by atoms with Gasteiger partial charge in [-0.05, 0) is 49.9 Å². The number of carbonyl (C=O) groups excluding carboxylic acids is 2. The van der Waals surface area contributed by atoms with Crippen LogP contribution < -0.4 is 10.2 Å². The van der Waals surface area contributed by atoms with Crippen molar-refractivity contribution in [2.75, 3.05) is 49.6 Å². The van der Waals surface area contributed by atoms with Gasteiger partial charge in [0, 0.05) is 43.1 Å². The van der Waals surface area contributed by atoms with Gasteiger partial charge in [-0.25, -0.2) is 9.97 Å². The molecule has 1 saturated heterocycles. The molecule has 0 unspecified atom stereocenters. The number of amides is 2. The minimum atomic E-state index is -0.202. The van der Waals surface area contributed by atoms with E-state index in [9.17, 15) is 9.59 Å². The quantitative estimate of drug-likeness (QED) is 0.797. The van der Waals surface area contributed by atoms with Gasteiger partial charge in [-0.1, -0.05) is 0 Å². The van der Waals surface area contributed by atoms with Gasteiger partial charge in [0.25, 0.3) is 5.91 Å². The maximum Gasteiger partial charge on any atom is 0.257 e. The number of fused-ring (bicyclic) bond motifs is 1. The molecule has 0 radical (unpaired) electrons. The zero-order chi connectivity index (χ0) is 21.2. The van der Waals surface area contributed by atoms with Gasteiger partial charge in [0.05, 0.1) is 24.5 Å². The highest BCUT2D eigenvalue weighted by Crippen LogP contribution is 2.38. The van der Waals surface area contributed by atoms with E-state index in [-0.39, 0.29) is 18.4 Å². The number of hydrogen-bond donors (Lipinski definition) is 1. The average molecular weight is 422 g/mol. The molecule has 0 atom stereocenters. The van der Waals surface area contributed by atoms with Crippen molar-refractivity contribution in [1.29, 1.82) is 0 Å². The molecule has 2 aromatic rings. The zero-order valence-corrected chi connectivity index (χ0v) is 17.5. The Balaban J connectivity index is 1.21. The number of anilines is 2. The highest BCUT2D eigenvalue weighted by Gasteiger charge is 2.30. The van der Waals surface area contributed by atoms with Crippen LogP contribution in [0.2, 0.25) is 0 Å². The number of ether oxygens (including phenoxy) is 1. The second-order valence-corrected chi connectivity index (χ2v) is 8.39. The molecule has 1 N–H and O–H groups in total. The van der Waals surface area contributed by atoms with Crippen LogP contribution in [0.5, 0.6) is 0 Å². The summed E-state index contributed by atoms with van der Waals surface area (Å²) in [4.78, 5) is 38.5. The molecule has 5 rings (SSSR count). The number of carbonyl (C=O) groups is 2. The summed E-state index contributed by atoms with van der Waals surface area (Å²) in [5.41, 5.74) is 3.20. The SMILES string of the molecule is O=C(CN1CCCc2nc(C3CC3)ncc2C1=O)Nc1ccc(N2CCOCC2)cc1. The summed E-state index contributed by atoms with van der Waals surface area (Å²) in [6.07, 6.45) is 5.45. The molecule has 0 spiro atoms. The predicted octanol–water partition coefficient (Wildman–Crippen LogP) is 2.22. The van der Waals surface area contributed by atoms with Crippen molar-refractivity contribution in [3.63, 3.8) is 0 Å². The summed E-state index contributed by atoms with van der Waals surface area (Å²) in [6, 6.07) is 7.80. The Morgan fingerprint density at radius 2 is 1.90 bits per heavy atom. The summed E-state index contributed by atoms with van der Waals surface area (Å²) >= 11 is 0. The molecule has 3 aliphatic rings. The summed E-state index contributed by atoms with van der Waals surface area (Å²) < 4.78 is 5.39. The van der Waals surface area contributed by atoms with Crippen LogP contribution in [0.25, 0.3) is 0 Å². The lowest BCUT2D eigenvalue weighted by Gasteiger charge is -2.29. The van der Waals surface area contributed by atoms with E-state index in [4.69, 9.17) is 4.74 Å². The maximum absolute atomic E-state index is 13.0. The Bertz CT molecular complexity index is 968. The molecule has 31 heavy (non-hydrogen) atoms. The Morgan fingerprint density at radius 3 is 2.65 bits per heavy atom. The normalized spacial score (nSPS) is 19.0. The molecule has 8 nitrogen and oxygen atoms in total. The molecule has 1 aliphatic carbocycles. The van der Waals surface area contributed by atoms with E-state index in [1.807, 2.05) is 24.3 Å². The second-order valence-electron chi connectivity index (χ2n) is 8.39. The van der Waals surface area contributed by atoms with Crippen LogP contribution in [0.15, 0.2) is 30.5 Å². The van der Waals surface area contributed by atoms with E-state index in [1.165, 1.54) is 0 Å². The van der Waals surface area contributed by atoms with Gasteiger partial charge in [-0.2, -0.15) is 0 Å². The van der Waals surface area contributed by atoms with Gasteiger partial charge in [0.15, 0.2) is 0 Å². The molecule has 1 saturated carbocycles. The third-order valence-electron chi connectivity index (χ3n) is 6.05. The summed E-state index contributed by atoms with van der Waals surface area (Å²) in [6.45, 7) is 3.77. The van der Waals surface area contributed by atoms with Gasteiger partial charge < -0.3 is 19.9 Å². The van der Waals surface area contributed by atoms with Gasteiger partial charge in [0.2, 0.25) is 5.91 Å². The van der Waals surface area contributed by atoms with E-state index >= 15 is 0 Å². The minimum absolute atomic E-state index is 0.0217. The fourth-order valence-corrected chi connectivity index (χ4v) is 4.15. The summed E-state index contributed by atoms with van der Waals surface area (Å²) in [7, 11) is 0. The standard InChI is InChI=1S/C23H27N5O3/c29-21(25-17-5-7-18(8-6-17)27-10-12-31-13-11-27)15-28-9-1-2-20-19(23(28)30)14-24-22(26-20)16-3-4-16/h5-8,14,16H,1-4,9-13,15H2,(H,25,29). The molecule has 162 valence electrons. The molecule has 1 aromatic heterocycles. The number of nitrogens with one attached hydrogen (secondary N) is 1. The van der Waals surface area contributed by atoms with Gasteiger partial charge in [-0.3, -0.25) is 9.59 Å². The summed E-state index contributed by atoms with van der Waals surface area (Å²) in [5, 5.41) is 2.91. The lowest BCUT2D eigenvalue weighted by atomic mass is 10.1. The molecule has 0 bridgehead atoms. The number of aromatic nitrogens is 2. The Hall–Kier alpha value is -3.00. The van der Waals surface area contributed by atoms with Crippen LogP contribution in [0, 0.1) is 0 Å². The number of morpholine rings is 1. The van der Waals surface area contributed by atoms with Gasteiger partial charge in [-0.15, -0.1) is 0 Å². The summed E-state index contributed by atoms with van der Waals surface area (Å²) in [5.74, 6) is 0.956. The van der Waals surface area contributed by atoms with Crippen LogP contribution in [-0.2, 0) is 16.0 Å². The van der Waals surface area contributed by atoms with Crippen molar-refractivity contribution in [1.82, 2.24) is 14.9 Å². The smallest absolute Gasteiger partial charge is 0.257 e. The van der Waals surface area contributed by atoms with Crippen LogP contribution in [0.1, 0.15) is 47.1 Å². The maximum atomic E-state index is 13.0. The monoisotopic (exact) mass is 421 g/mol. The zero-order valence-electron chi connectivity index (χ0n) is 17.5. The van der Waals surface area contributed by atoms with Crippen LogP contribution >= 0.6 is 0 Å². The Kier molecular flexibility index (Phi) is 5.55. The third kappa shape index (κ3) is 4.54. The van der Waals surface area contributed by atoms with Gasteiger partial charge in [0.1, 0.15) is 12.4 Å². The molecular formula is C23H27N5O3. The fraction of sp³-hybridized carbons (Fsp3) is 0.478. The largest absolute Gasteiger partial charge is 0.378 e. The molecular weight excluding hydrogens is 394 g/mol. The van der Waals surface area contributed by atoms with E-state index in [0.29, 0.717) is 18.0 Å². The first kappa shape index (κ1) is 19.9. The van der Waals surface area contributed by atoms with Crippen LogP contribution in [0.4, 0.5) is 11.4 Å². The van der Waals surface area contributed by atoms with E-state index in [1.54, 1.807) is 11.1 Å². The topological polar surface area (TPSA) is 87.7 Å². The third-order valence-corrected chi connectivity index (χ3v) is 6.05. The number of aryl methyl sites for hydroxylation is 1. The van der Waals surface area contributed by atoms with Gasteiger partial charge >= 0.3 is 0 Å². The highest BCUT2D eigenvalue weighted by molar-refractivity contribution is 6.00. The number of rotatable bonds is 5. The molecule has 3 heterocycles. The van der Waals surface area contributed by atoms with Crippen LogP contribution in [-0.4, -0.2) is 66.1 Å². The fourth-order valence-electron chi connectivity index (χ4n) is 4.15. The number of hydrogen-bond acceptors (Lipinski definition) is 6. The lowest BCUT2D eigenvalue weighted by molar-refractivity contribution is -0.116. The Labute approximate surface area is 181 Å². The van der Waals surface area contributed by atoms with E-state index in [2.05, 4.69) is 20.2 Å². The second kappa shape index (κ2) is 8.63. The molecule has 2 amide bonds. The first-order chi connectivity index (χ1) is 15.2. The van der Waals surface area contributed by atoms with Crippen molar-refractivity contribution in [2.24, 2.45) is 0 Å². The molecule has 2 aliphatic heterocycles. The number of benzene rings is 1. The van der Waals surface area contributed by atoms with E-state index < -0.39 is 0 Å². The minimum Gasteiger partial charge on any atom is -0.378 e. The highest BCUT2D eigenvalue weighted by atomic mass is 16.5. The number of nitrogens with zero attached hydrogens (tertiary/aromatic N) is 4. The predicted molar refractivity (Wildman–Crippen MR) is 116 cm³/mol. The average Bonchev–Trinajstić information content (AvgIpc) is 3.65. The van der Waals surface area contributed by atoms with E-state index in [0.717, 1.165) is 74.9 Å². The lowest BCUT2D eigenvalue weighted by Crippen LogP contribution is -2.38. The first-order valence-electron chi connectivity index (χ1n) is 11.0. The van der Waals surface area contributed by atoms with Crippen molar-refractivity contribution in [2.45, 2.75) is 31.6 Å². The van der Waals surface area contributed by atoms with Crippen LogP contribution in [0.3, 0.4) is 0 Å². The van der Waals surface area contributed by atoms with Crippen molar-refractivity contribution < 1.29 is 14.3 Å². The van der Waals surface area contributed by atoms with Crippen molar-refractivity contribution >= 4 is 23.2 Å². The van der Waals surface area contributed by atoms with Crippen molar-refractivity contribution in [3.05, 3.63) is 47.5 Å². The molecule has 8 heteroatoms. The molecule has 2 fully saturated rings. The Morgan fingerprint density at radius 1 is 1.13 bits per heavy atom.